The van der Waals surface area contributed by atoms with Crippen LogP contribution in [0.1, 0.15) is 47.6 Å². The van der Waals surface area contributed by atoms with Gasteiger partial charge >= 0.3 is 6.18 Å². The Kier molecular flexibility index (Phi) is 6.90. The average molecular weight is 550 g/mol. The molecule has 0 amide bonds. The standard InChI is InChI=1S/C30H26F3N3O2S/c1-15(2)18-9-19-11-23-27(29(35)36-28(23)34)26(17-5-4-6-20(10-17)30(31,32)33)25(19)24(12-18)39-22-8-16(14-37)7-21(13-22)38-3/h4-13,15,37H,14H2,1-3H3,(H3,34,35,36). The summed E-state index contributed by atoms with van der Waals surface area (Å²) in [6.07, 6.45) is -4.53. The Morgan fingerprint density at radius 3 is 2.49 bits per heavy atom. The fraction of sp³-hybridized carbons (Fsp3) is 0.200. The summed E-state index contributed by atoms with van der Waals surface area (Å²) < 4.78 is 46.7. The molecule has 4 aromatic rings. The third-order valence-corrected chi connectivity index (χ3v) is 7.71. The molecule has 0 aromatic heterocycles. The van der Waals surface area contributed by atoms with Gasteiger partial charge in [-0.3, -0.25) is 5.41 Å². The molecule has 1 aliphatic heterocycles. The van der Waals surface area contributed by atoms with Gasteiger partial charge in [0, 0.05) is 31.9 Å². The maximum absolute atomic E-state index is 13.7. The van der Waals surface area contributed by atoms with Gasteiger partial charge in [-0.2, -0.15) is 13.2 Å². The fourth-order valence-electron chi connectivity index (χ4n) is 4.80. The van der Waals surface area contributed by atoms with E-state index in [-0.39, 0.29) is 24.2 Å². The van der Waals surface area contributed by atoms with Crippen molar-refractivity contribution in [3.8, 4) is 16.9 Å². The first-order valence-corrected chi connectivity index (χ1v) is 13.0. The van der Waals surface area contributed by atoms with Gasteiger partial charge < -0.3 is 15.6 Å². The number of aliphatic hydroxyl groups excluding tert-OH is 1. The van der Waals surface area contributed by atoms with Gasteiger partial charge in [-0.25, -0.2) is 4.99 Å². The monoisotopic (exact) mass is 549 g/mol. The number of aliphatic hydroxyl groups is 1. The summed E-state index contributed by atoms with van der Waals surface area (Å²) >= 11 is 1.43. The number of halogens is 3. The van der Waals surface area contributed by atoms with E-state index >= 15 is 0 Å². The van der Waals surface area contributed by atoms with E-state index in [0.29, 0.717) is 39.0 Å². The first-order valence-electron chi connectivity index (χ1n) is 12.2. The van der Waals surface area contributed by atoms with Gasteiger partial charge in [0.15, 0.2) is 5.84 Å². The van der Waals surface area contributed by atoms with Crippen molar-refractivity contribution in [2.75, 3.05) is 7.11 Å². The van der Waals surface area contributed by atoms with Gasteiger partial charge in [-0.1, -0.05) is 43.8 Å². The second-order valence-corrected chi connectivity index (χ2v) is 10.8. The molecular formula is C30H26F3N3O2S. The summed E-state index contributed by atoms with van der Waals surface area (Å²) in [6.45, 7) is 3.96. The molecule has 0 atom stereocenters. The zero-order chi connectivity index (χ0) is 28.1. The third kappa shape index (κ3) is 4.99. The predicted octanol–water partition coefficient (Wildman–Crippen LogP) is 7.35. The smallest absolute Gasteiger partial charge is 0.416 e. The highest BCUT2D eigenvalue weighted by atomic mass is 32.2. The molecule has 5 rings (SSSR count). The number of rotatable bonds is 6. The van der Waals surface area contributed by atoms with Gasteiger partial charge in [0.05, 0.1) is 19.3 Å². The van der Waals surface area contributed by atoms with E-state index in [4.69, 9.17) is 15.9 Å². The number of benzene rings is 4. The van der Waals surface area contributed by atoms with Crippen molar-refractivity contribution in [1.29, 1.82) is 5.41 Å². The van der Waals surface area contributed by atoms with Crippen LogP contribution in [0, 0.1) is 5.41 Å². The lowest BCUT2D eigenvalue weighted by Crippen LogP contribution is -2.13. The maximum atomic E-state index is 13.7. The van der Waals surface area contributed by atoms with Crippen LogP contribution in [0.15, 0.2) is 75.4 Å². The molecule has 0 bridgehead atoms. The lowest BCUT2D eigenvalue weighted by molar-refractivity contribution is -0.137. The molecular weight excluding hydrogens is 523 g/mol. The van der Waals surface area contributed by atoms with E-state index in [0.717, 1.165) is 32.9 Å². The molecule has 0 saturated heterocycles. The van der Waals surface area contributed by atoms with Crippen molar-refractivity contribution < 1.29 is 23.0 Å². The van der Waals surface area contributed by atoms with Crippen molar-refractivity contribution >= 4 is 34.2 Å². The SMILES string of the molecule is COc1cc(CO)cc(Sc2cc(C(C)C)cc3cc4c(c(-c5cccc(C(F)(F)F)c5)c23)C(N)=NC4=N)c1. The van der Waals surface area contributed by atoms with E-state index in [1.165, 1.54) is 17.8 Å². The Morgan fingerprint density at radius 2 is 1.82 bits per heavy atom. The van der Waals surface area contributed by atoms with E-state index < -0.39 is 11.7 Å². The molecule has 5 nitrogen and oxygen atoms in total. The topological polar surface area (TPSA) is 91.7 Å². The number of nitrogens with one attached hydrogen (secondary N) is 1. The van der Waals surface area contributed by atoms with Gasteiger partial charge in [-0.05, 0) is 70.5 Å². The Labute approximate surface area is 228 Å². The van der Waals surface area contributed by atoms with Crippen LogP contribution in [0.3, 0.4) is 0 Å². The zero-order valence-corrected chi connectivity index (χ0v) is 22.3. The highest BCUT2D eigenvalue weighted by molar-refractivity contribution is 7.99. The highest BCUT2D eigenvalue weighted by Crippen LogP contribution is 2.46. The number of aliphatic imine (C=N–C) groups is 1. The number of methoxy groups -OCH3 is 1. The number of amidine groups is 2. The number of nitrogens with zero attached hydrogens (tertiary/aromatic N) is 1. The minimum atomic E-state index is -4.53. The van der Waals surface area contributed by atoms with Crippen LogP contribution in [0.4, 0.5) is 13.2 Å². The fourth-order valence-corrected chi connectivity index (χ4v) is 5.95. The number of hydrogen-bond donors (Lipinski definition) is 3. The Hall–Kier alpha value is -3.82. The van der Waals surface area contributed by atoms with Crippen LogP contribution in [0.5, 0.6) is 5.75 Å². The van der Waals surface area contributed by atoms with Crippen molar-refractivity contribution in [3.63, 3.8) is 0 Å². The minimum Gasteiger partial charge on any atom is -0.497 e. The number of alkyl halides is 3. The van der Waals surface area contributed by atoms with E-state index in [1.54, 1.807) is 19.2 Å². The quantitative estimate of drug-likeness (QED) is 0.235. The summed E-state index contributed by atoms with van der Waals surface area (Å²) in [5, 5.41) is 19.7. The first kappa shape index (κ1) is 26.8. The summed E-state index contributed by atoms with van der Waals surface area (Å²) in [5.41, 5.74) is 8.97. The second-order valence-electron chi connectivity index (χ2n) is 9.65. The predicted molar refractivity (Wildman–Crippen MR) is 149 cm³/mol. The molecule has 1 aliphatic rings. The van der Waals surface area contributed by atoms with Gasteiger partial charge in [0.1, 0.15) is 11.6 Å². The van der Waals surface area contributed by atoms with Crippen LogP contribution in [-0.2, 0) is 12.8 Å². The first-order chi connectivity index (χ1) is 18.5. The minimum absolute atomic E-state index is 0.0258. The molecule has 1 heterocycles. The number of ether oxygens (including phenoxy) is 1. The maximum Gasteiger partial charge on any atom is 0.416 e. The summed E-state index contributed by atoms with van der Waals surface area (Å²) in [6, 6.07) is 16.5. The molecule has 4 aromatic carbocycles. The van der Waals surface area contributed by atoms with Crippen LogP contribution >= 0.6 is 11.8 Å². The van der Waals surface area contributed by atoms with Crippen LogP contribution in [0.25, 0.3) is 21.9 Å². The second kappa shape index (κ2) is 10.1. The van der Waals surface area contributed by atoms with Crippen molar-refractivity contribution in [2.45, 2.75) is 42.3 Å². The van der Waals surface area contributed by atoms with Crippen molar-refractivity contribution in [1.82, 2.24) is 0 Å². The normalized spacial score (nSPS) is 13.2. The summed E-state index contributed by atoms with van der Waals surface area (Å²) in [7, 11) is 1.55. The summed E-state index contributed by atoms with van der Waals surface area (Å²) in [4.78, 5) is 5.76. The van der Waals surface area contributed by atoms with E-state index in [1.807, 2.05) is 30.3 Å². The largest absolute Gasteiger partial charge is 0.497 e. The molecule has 200 valence electrons. The molecule has 9 heteroatoms. The molecule has 0 fully saturated rings. The van der Waals surface area contributed by atoms with Crippen LogP contribution in [-0.4, -0.2) is 23.9 Å². The van der Waals surface area contributed by atoms with E-state index in [2.05, 4.69) is 18.8 Å². The van der Waals surface area contributed by atoms with Crippen LogP contribution in [0.2, 0.25) is 0 Å². The average Bonchev–Trinajstić information content (AvgIpc) is 3.19. The van der Waals surface area contributed by atoms with Crippen LogP contribution < -0.4 is 10.5 Å². The number of nitrogens with two attached hydrogens (primary N) is 1. The molecule has 4 N–H and O–H groups in total. The highest BCUT2D eigenvalue weighted by Gasteiger charge is 2.32. The van der Waals surface area contributed by atoms with E-state index in [9.17, 15) is 18.3 Å². The third-order valence-electron chi connectivity index (χ3n) is 6.70. The molecule has 39 heavy (non-hydrogen) atoms. The molecule has 0 unspecified atom stereocenters. The van der Waals surface area contributed by atoms with Gasteiger partial charge in [-0.15, -0.1) is 0 Å². The Morgan fingerprint density at radius 1 is 1.05 bits per heavy atom. The Bertz CT molecular complexity index is 1640. The van der Waals surface area contributed by atoms with Gasteiger partial charge in [0.25, 0.3) is 0 Å². The lowest BCUT2D eigenvalue weighted by Gasteiger charge is -2.20. The molecule has 0 radical (unpaired) electrons. The molecule has 0 aliphatic carbocycles. The molecule has 0 saturated carbocycles. The van der Waals surface area contributed by atoms with Crippen molar-refractivity contribution in [2.24, 2.45) is 10.7 Å². The van der Waals surface area contributed by atoms with Gasteiger partial charge in [0.2, 0.25) is 0 Å². The Balaban J connectivity index is 1.87. The van der Waals surface area contributed by atoms with Crippen molar-refractivity contribution in [3.05, 3.63) is 88.5 Å². The number of hydrogen-bond acceptors (Lipinski definition) is 5. The number of fused-ring (bicyclic) bond motifs is 2. The lowest BCUT2D eigenvalue weighted by atomic mass is 9.87. The summed E-state index contributed by atoms with van der Waals surface area (Å²) in [5.74, 6) is 0.814. The molecule has 0 spiro atoms. The zero-order valence-electron chi connectivity index (χ0n) is 21.5.